The molecular formula is C25H33N3O5S. The summed E-state index contributed by atoms with van der Waals surface area (Å²) in [6.45, 7) is 2.13. The zero-order valence-corrected chi connectivity index (χ0v) is 20.6. The van der Waals surface area contributed by atoms with Crippen molar-refractivity contribution in [1.29, 1.82) is 0 Å². The molecule has 0 saturated heterocycles. The number of nitrogens with zero attached hydrogens (tertiary/aromatic N) is 2. The molecule has 2 aromatic carbocycles. The van der Waals surface area contributed by atoms with Gasteiger partial charge in [0.2, 0.25) is 0 Å². The predicted molar refractivity (Wildman–Crippen MR) is 131 cm³/mol. The molecule has 1 heterocycles. The number of fused-ring (bicyclic) bond motifs is 1. The van der Waals surface area contributed by atoms with Crippen molar-refractivity contribution in [2.45, 2.75) is 43.0 Å². The maximum Gasteiger partial charge on any atom is 0.262 e. The quantitative estimate of drug-likeness (QED) is 0.612. The van der Waals surface area contributed by atoms with Gasteiger partial charge in [-0.25, -0.2) is 8.42 Å². The van der Waals surface area contributed by atoms with Crippen molar-refractivity contribution in [3.8, 4) is 11.5 Å². The summed E-state index contributed by atoms with van der Waals surface area (Å²) in [5.41, 5.74) is 0.557. The molecule has 4 rings (SSSR count). The van der Waals surface area contributed by atoms with E-state index < -0.39 is 10.0 Å². The number of rotatable bonds is 8. The van der Waals surface area contributed by atoms with Crippen LogP contribution in [0, 0.1) is 0 Å². The van der Waals surface area contributed by atoms with Gasteiger partial charge < -0.3 is 19.3 Å². The zero-order chi connectivity index (χ0) is 24.1. The Kier molecular flexibility index (Phi) is 7.63. The highest BCUT2D eigenvalue weighted by Gasteiger charge is 2.24. The van der Waals surface area contributed by atoms with E-state index in [1.165, 1.54) is 44.2 Å². The van der Waals surface area contributed by atoms with E-state index in [9.17, 15) is 13.2 Å². The molecule has 0 aromatic heterocycles. The summed E-state index contributed by atoms with van der Waals surface area (Å²) in [6, 6.07) is 11.7. The van der Waals surface area contributed by atoms with Crippen molar-refractivity contribution >= 4 is 21.6 Å². The minimum Gasteiger partial charge on any atom is -0.486 e. The smallest absolute Gasteiger partial charge is 0.262 e. The minimum absolute atomic E-state index is 0.0430. The maximum absolute atomic E-state index is 13.2. The number of anilines is 1. The highest BCUT2D eigenvalue weighted by atomic mass is 32.2. The molecule has 1 amide bonds. The van der Waals surface area contributed by atoms with Crippen LogP contribution in [-0.4, -0.2) is 70.6 Å². The fourth-order valence-electron chi connectivity index (χ4n) is 4.47. The van der Waals surface area contributed by atoms with Gasteiger partial charge in [0.05, 0.1) is 16.1 Å². The summed E-state index contributed by atoms with van der Waals surface area (Å²) in [5, 5.41) is 0. The monoisotopic (exact) mass is 487 g/mol. The Bertz CT molecular complexity index is 1120. The number of hydrogen-bond acceptors (Lipinski definition) is 6. The third-order valence-electron chi connectivity index (χ3n) is 6.56. The second-order valence-corrected chi connectivity index (χ2v) is 10.6. The van der Waals surface area contributed by atoms with Gasteiger partial charge >= 0.3 is 0 Å². The molecule has 34 heavy (non-hydrogen) atoms. The molecule has 0 atom stereocenters. The second kappa shape index (κ2) is 10.7. The summed E-state index contributed by atoms with van der Waals surface area (Å²) in [7, 11) is -0.0654. The maximum atomic E-state index is 13.2. The van der Waals surface area contributed by atoms with Crippen LogP contribution in [0.15, 0.2) is 47.4 Å². The van der Waals surface area contributed by atoms with Crippen molar-refractivity contribution < 1.29 is 22.7 Å². The van der Waals surface area contributed by atoms with E-state index >= 15 is 0 Å². The summed E-state index contributed by atoms with van der Waals surface area (Å²) in [5.74, 6) is 0.679. The Morgan fingerprint density at radius 1 is 0.971 bits per heavy atom. The number of carbonyl (C=O) groups excluding carboxylic acids is 1. The van der Waals surface area contributed by atoms with Crippen LogP contribution < -0.4 is 14.2 Å². The lowest BCUT2D eigenvalue weighted by molar-refractivity contribution is 0.0768. The van der Waals surface area contributed by atoms with Crippen LogP contribution in [0.4, 0.5) is 5.69 Å². The molecule has 1 N–H and O–H groups in total. The zero-order valence-electron chi connectivity index (χ0n) is 19.8. The normalized spacial score (nSPS) is 16.3. The fourth-order valence-corrected chi connectivity index (χ4v) is 5.57. The third kappa shape index (κ3) is 5.64. The van der Waals surface area contributed by atoms with E-state index in [-0.39, 0.29) is 16.5 Å². The first-order valence-corrected chi connectivity index (χ1v) is 13.3. The summed E-state index contributed by atoms with van der Waals surface area (Å²) in [6.07, 6.45) is 6.25. The standard InChI is InChI=1S/C25H33N3O5S/c1-27(19-8-4-3-5-9-19)14-15-28(2)25(29)21-10-6-7-11-22(21)26-34(30,31)20-12-13-23-24(18-20)33-17-16-32-23/h6-7,10-13,18-19,26H,3-5,8-9,14-17H2,1-2H3. The molecule has 0 bridgehead atoms. The van der Waals surface area contributed by atoms with Gasteiger partial charge in [0.25, 0.3) is 15.9 Å². The Labute approximate surface area is 201 Å². The first-order valence-electron chi connectivity index (χ1n) is 11.8. The summed E-state index contributed by atoms with van der Waals surface area (Å²) in [4.78, 5) is 17.2. The molecule has 184 valence electrons. The third-order valence-corrected chi connectivity index (χ3v) is 7.92. The fraction of sp³-hybridized carbons (Fsp3) is 0.480. The van der Waals surface area contributed by atoms with Gasteiger partial charge in [-0.1, -0.05) is 31.4 Å². The topological polar surface area (TPSA) is 88.2 Å². The Morgan fingerprint density at radius 3 is 2.44 bits per heavy atom. The summed E-state index contributed by atoms with van der Waals surface area (Å²) >= 11 is 0. The van der Waals surface area contributed by atoms with Crippen molar-refractivity contribution in [1.82, 2.24) is 9.80 Å². The van der Waals surface area contributed by atoms with Gasteiger partial charge in [-0.2, -0.15) is 0 Å². The van der Waals surface area contributed by atoms with Gasteiger partial charge in [-0.15, -0.1) is 0 Å². The lowest BCUT2D eigenvalue weighted by Crippen LogP contribution is -2.40. The molecule has 9 heteroatoms. The molecule has 8 nitrogen and oxygen atoms in total. The molecule has 0 spiro atoms. The summed E-state index contributed by atoms with van der Waals surface area (Å²) < 4.78 is 39.7. The van der Waals surface area contributed by atoms with E-state index in [1.54, 1.807) is 42.3 Å². The van der Waals surface area contributed by atoms with Crippen LogP contribution in [0.2, 0.25) is 0 Å². The van der Waals surface area contributed by atoms with Gasteiger partial charge in [-0.05, 0) is 44.2 Å². The van der Waals surface area contributed by atoms with Crippen molar-refractivity contribution in [3.63, 3.8) is 0 Å². The van der Waals surface area contributed by atoms with Crippen LogP contribution in [0.25, 0.3) is 0 Å². The number of benzene rings is 2. The van der Waals surface area contributed by atoms with Crippen LogP contribution in [0.1, 0.15) is 42.5 Å². The average Bonchev–Trinajstić information content (AvgIpc) is 2.87. The molecule has 2 aliphatic rings. The lowest BCUT2D eigenvalue weighted by Gasteiger charge is -2.32. The number of hydrogen-bond donors (Lipinski definition) is 1. The first kappa shape index (κ1) is 24.3. The number of para-hydroxylation sites is 1. The van der Waals surface area contributed by atoms with Crippen LogP contribution >= 0.6 is 0 Å². The van der Waals surface area contributed by atoms with Gasteiger partial charge in [-0.3, -0.25) is 9.52 Å². The number of amides is 1. The minimum atomic E-state index is -3.93. The van der Waals surface area contributed by atoms with Crippen LogP contribution in [0.5, 0.6) is 11.5 Å². The highest BCUT2D eigenvalue weighted by Crippen LogP contribution is 2.33. The van der Waals surface area contributed by atoms with Crippen molar-refractivity contribution in [2.24, 2.45) is 0 Å². The van der Waals surface area contributed by atoms with Crippen molar-refractivity contribution in [3.05, 3.63) is 48.0 Å². The van der Waals surface area contributed by atoms with Crippen LogP contribution in [0.3, 0.4) is 0 Å². The molecule has 0 unspecified atom stereocenters. The van der Waals surface area contributed by atoms with Crippen molar-refractivity contribution in [2.75, 3.05) is 45.1 Å². The molecule has 1 fully saturated rings. The first-order chi connectivity index (χ1) is 16.3. The lowest BCUT2D eigenvalue weighted by atomic mass is 9.94. The second-order valence-electron chi connectivity index (χ2n) is 8.96. The Morgan fingerprint density at radius 2 is 1.68 bits per heavy atom. The number of sulfonamides is 1. The molecule has 1 aliphatic heterocycles. The largest absolute Gasteiger partial charge is 0.486 e. The van der Waals surface area contributed by atoms with Gasteiger partial charge in [0, 0.05) is 32.2 Å². The van der Waals surface area contributed by atoms with E-state index in [4.69, 9.17) is 9.47 Å². The predicted octanol–water partition coefficient (Wildman–Crippen LogP) is 3.60. The Balaban J connectivity index is 1.45. The molecule has 1 saturated carbocycles. The number of carbonyl (C=O) groups is 1. The van der Waals surface area contributed by atoms with E-state index in [0.717, 1.165) is 6.54 Å². The molecule has 1 aliphatic carbocycles. The Hall–Kier alpha value is -2.78. The van der Waals surface area contributed by atoms with Gasteiger partial charge in [0.15, 0.2) is 11.5 Å². The van der Waals surface area contributed by atoms with E-state index in [0.29, 0.717) is 42.9 Å². The average molecular weight is 488 g/mol. The van der Waals surface area contributed by atoms with Gasteiger partial charge in [0.1, 0.15) is 13.2 Å². The van der Waals surface area contributed by atoms with Crippen LogP contribution in [-0.2, 0) is 10.0 Å². The number of nitrogens with one attached hydrogen (secondary N) is 1. The molecular weight excluding hydrogens is 454 g/mol. The van der Waals surface area contributed by atoms with E-state index in [2.05, 4.69) is 16.7 Å². The number of ether oxygens (including phenoxy) is 2. The van der Waals surface area contributed by atoms with E-state index in [1.807, 2.05) is 0 Å². The molecule has 0 radical (unpaired) electrons. The SMILES string of the molecule is CN(CCN(C)C1CCCCC1)C(=O)c1ccccc1NS(=O)(=O)c1ccc2c(c1)OCCO2. The highest BCUT2D eigenvalue weighted by molar-refractivity contribution is 7.92. The number of likely N-dealkylation sites (N-methyl/N-ethyl adjacent to an activating group) is 2. The molecule has 2 aromatic rings.